The lowest BCUT2D eigenvalue weighted by Crippen LogP contribution is -2.21. The molecule has 0 aliphatic heterocycles. The van der Waals surface area contributed by atoms with E-state index in [2.05, 4.69) is 17.4 Å². The Kier molecular flexibility index (Phi) is 5.80. The Bertz CT molecular complexity index is 615. The molecule has 5 nitrogen and oxygen atoms in total. The summed E-state index contributed by atoms with van der Waals surface area (Å²) < 4.78 is 10.8. The van der Waals surface area contributed by atoms with Crippen molar-refractivity contribution >= 4 is 5.91 Å². The molecule has 5 heteroatoms. The fourth-order valence-electron chi connectivity index (χ4n) is 2.11. The number of nitrogens with one attached hydrogen (secondary N) is 1. The summed E-state index contributed by atoms with van der Waals surface area (Å²) in [6, 6.07) is 15.7. The molecule has 0 bridgehead atoms. The molecule has 116 valence electrons. The second kappa shape index (κ2) is 8.05. The maximum atomic E-state index is 10.9. The van der Waals surface area contributed by atoms with E-state index in [1.807, 2.05) is 30.3 Å². The normalized spacial score (nSPS) is 10.2. The van der Waals surface area contributed by atoms with E-state index in [9.17, 15) is 4.79 Å². The van der Waals surface area contributed by atoms with E-state index >= 15 is 0 Å². The standard InChI is InChI=1S/C17H20N2O3/c1-21-15-9-5-8-14(17(15)22-12-16(18)20)11-19-10-13-6-3-2-4-7-13/h2-9,19H,10-12H2,1H3,(H2,18,20). The van der Waals surface area contributed by atoms with Crippen LogP contribution in [0.2, 0.25) is 0 Å². The van der Waals surface area contributed by atoms with Crippen LogP contribution in [0.4, 0.5) is 0 Å². The third-order valence-corrected chi connectivity index (χ3v) is 3.13. The maximum Gasteiger partial charge on any atom is 0.255 e. The minimum Gasteiger partial charge on any atom is -0.493 e. The number of primary amides is 1. The molecule has 2 aromatic rings. The van der Waals surface area contributed by atoms with Crippen molar-refractivity contribution in [2.75, 3.05) is 13.7 Å². The molecule has 0 atom stereocenters. The van der Waals surface area contributed by atoms with E-state index in [1.54, 1.807) is 13.2 Å². The maximum absolute atomic E-state index is 10.9. The van der Waals surface area contributed by atoms with Crippen LogP contribution in [0.15, 0.2) is 48.5 Å². The van der Waals surface area contributed by atoms with Crippen LogP contribution in [-0.4, -0.2) is 19.6 Å². The van der Waals surface area contributed by atoms with Crippen molar-refractivity contribution in [2.24, 2.45) is 5.73 Å². The van der Waals surface area contributed by atoms with Crippen molar-refractivity contribution in [3.05, 3.63) is 59.7 Å². The number of hydrogen-bond acceptors (Lipinski definition) is 4. The number of rotatable bonds is 8. The number of methoxy groups -OCH3 is 1. The molecule has 0 heterocycles. The minimum atomic E-state index is -0.519. The summed E-state index contributed by atoms with van der Waals surface area (Å²) in [5.41, 5.74) is 7.25. The number of carbonyl (C=O) groups excluding carboxylic acids is 1. The molecular formula is C17H20N2O3. The highest BCUT2D eigenvalue weighted by Crippen LogP contribution is 2.31. The Balaban J connectivity index is 2.04. The Morgan fingerprint density at radius 3 is 2.55 bits per heavy atom. The van der Waals surface area contributed by atoms with Gasteiger partial charge in [-0.25, -0.2) is 0 Å². The fraction of sp³-hybridized carbons (Fsp3) is 0.235. The number of para-hydroxylation sites is 1. The Morgan fingerprint density at radius 1 is 1.09 bits per heavy atom. The molecule has 0 saturated heterocycles. The van der Waals surface area contributed by atoms with Crippen LogP contribution < -0.4 is 20.5 Å². The molecule has 3 N–H and O–H groups in total. The molecule has 2 aromatic carbocycles. The monoisotopic (exact) mass is 300 g/mol. The SMILES string of the molecule is COc1cccc(CNCc2ccccc2)c1OCC(N)=O. The first-order chi connectivity index (χ1) is 10.7. The van der Waals surface area contributed by atoms with Gasteiger partial charge in [-0.05, 0) is 11.6 Å². The molecular weight excluding hydrogens is 280 g/mol. The first-order valence-electron chi connectivity index (χ1n) is 7.02. The average molecular weight is 300 g/mol. The number of amides is 1. The lowest BCUT2D eigenvalue weighted by molar-refractivity contribution is -0.119. The Labute approximate surface area is 130 Å². The molecule has 0 aliphatic rings. The average Bonchev–Trinajstić information content (AvgIpc) is 2.54. The number of hydrogen-bond donors (Lipinski definition) is 2. The Hall–Kier alpha value is -2.53. The van der Waals surface area contributed by atoms with E-state index in [0.717, 1.165) is 12.1 Å². The largest absolute Gasteiger partial charge is 0.493 e. The van der Waals surface area contributed by atoms with Gasteiger partial charge in [-0.3, -0.25) is 4.79 Å². The van der Waals surface area contributed by atoms with Crippen molar-refractivity contribution in [3.63, 3.8) is 0 Å². The van der Waals surface area contributed by atoms with Gasteiger partial charge in [0.1, 0.15) is 0 Å². The van der Waals surface area contributed by atoms with Crippen molar-refractivity contribution in [2.45, 2.75) is 13.1 Å². The van der Waals surface area contributed by atoms with E-state index in [4.69, 9.17) is 15.2 Å². The van der Waals surface area contributed by atoms with Crippen LogP contribution in [0, 0.1) is 0 Å². The van der Waals surface area contributed by atoms with Crippen molar-refractivity contribution in [3.8, 4) is 11.5 Å². The fourth-order valence-corrected chi connectivity index (χ4v) is 2.11. The molecule has 0 unspecified atom stereocenters. The van der Waals surface area contributed by atoms with E-state index in [-0.39, 0.29) is 6.61 Å². The van der Waals surface area contributed by atoms with Crippen LogP contribution in [0.5, 0.6) is 11.5 Å². The van der Waals surface area contributed by atoms with E-state index in [1.165, 1.54) is 5.56 Å². The smallest absolute Gasteiger partial charge is 0.255 e. The minimum absolute atomic E-state index is 0.175. The van der Waals surface area contributed by atoms with Gasteiger partial charge in [0.2, 0.25) is 0 Å². The van der Waals surface area contributed by atoms with Gasteiger partial charge in [0, 0.05) is 18.7 Å². The number of carbonyl (C=O) groups is 1. The van der Waals surface area contributed by atoms with Gasteiger partial charge in [0.15, 0.2) is 18.1 Å². The third kappa shape index (κ3) is 4.49. The van der Waals surface area contributed by atoms with Gasteiger partial charge in [0.25, 0.3) is 5.91 Å². The summed E-state index contributed by atoms with van der Waals surface area (Å²) >= 11 is 0. The van der Waals surface area contributed by atoms with Crippen LogP contribution >= 0.6 is 0 Å². The van der Waals surface area contributed by atoms with E-state index < -0.39 is 5.91 Å². The molecule has 0 aliphatic carbocycles. The Morgan fingerprint density at radius 2 is 1.86 bits per heavy atom. The van der Waals surface area contributed by atoms with Crippen molar-refractivity contribution in [1.82, 2.24) is 5.32 Å². The summed E-state index contributed by atoms with van der Waals surface area (Å²) in [6.07, 6.45) is 0. The van der Waals surface area contributed by atoms with E-state index in [0.29, 0.717) is 18.0 Å². The molecule has 0 saturated carbocycles. The highest BCUT2D eigenvalue weighted by molar-refractivity contribution is 5.75. The number of ether oxygens (including phenoxy) is 2. The van der Waals surface area contributed by atoms with Crippen molar-refractivity contribution in [1.29, 1.82) is 0 Å². The quantitative estimate of drug-likeness (QED) is 0.780. The lowest BCUT2D eigenvalue weighted by atomic mass is 10.1. The highest BCUT2D eigenvalue weighted by Gasteiger charge is 2.11. The van der Waals surface area contributed by atoms with Gasteiger partial charge < -0.3 is 20.5 Å². The summed E-state index contributed by atoms with van der Waals surface area (Å²) in [5.74, 6) is 0.610. The lowest BCUT2D eigenvalue weighted by Gasteiger charge is -2.14. The topological polar surface area (TPSA) is 73.6 Å². The predicted molar refractivity (Wildman–Crippen MR) is 84.7 cm³/mol. The van der Waals surface area contributed by atoms with Crippen LogP contribution in [0.25, 0.3) is 0 Å². The second-order valence-corrected chi connectivity index (χ2v) is 4.79. The summed E-state index contributed by atoms with van der Waals surface area (Å²) in [6.45, 7) is 1.17. The van der Waals surface area contributed by atoms with Crippen molar-refractivity contribution < 1.29 is 14.3 Å². The molecule has 0 radical (unpaired) electrons. The van der Waals surface area contributed by atoms with Gasteiger partial charge >= 0.3 is 0 Å². The number of benzene rings is 2. The summed E-state index contributed by atoms with van der Waals surface area (Å²) in [5, 5.41) is 3.35. The first kappa shape index (κ1) is 15.9. The molecule has 2 rings (SSSR count). The predicted octanol–water partition coefficient (Wildman–Crippen LogP) is 1.85. The summed E-state index contributed by atoms with van der Waals surface area (Å²) in [4.78, 5) is 10.9. The third-order valence-electron chi connectivity index (χ3n) is 3.13. The zero-order valence-corrected chi connectivity index (χ0v) is 12.5. The zero-order valence-electron chi connectivity index (χ0n) is 12.5. The van der Waals surface area contributed by atoms with Gasteiger partial charge in [-0.2, -0.15) is 0 Å². The van der Waals surface area contributed by atoms with Crippen LogP contribution in [-0.2, 0) is 17.9 Å². The molecule has 0 aromatic heterocycles. The van der Waals surface area contributed by atoms with Gasteiger partial charge in [-0.1, -0.05) is 42.5 Å². The molecule has 0 spiro atoms. The second-order valence-electron chi connectivity index (χ2n) is 4.79. The highest BCUT2D eigenvalue weighted by atomic mass is 16.5. The first-order valence-corrected chi connectivity index (χ1v) is 7.02. The van der Waals surface area contributed by atoms with Crippen LogP contribution in [0.3, 0.4) is 0 Å². The van der Waals surface area contributed by atoms with Crippen LogP contribution in [0.1, 0.15) is 11.1 Å². The molecule has 0 fully saturated rings. The van der Waals surface area contributed by atoms with Gasteiger partial charge in [0.05, 0.1) is 7.11 Å². The summed E-state index contributed by atoms with van der Waals surface area (Å²) in [7, 11) is 1.56. The zero-order chi connectivity index (χ0) is 15.8. The van der Waals surface area contributed by atoms with Gasteiger partial charge in [-0.15, -0.1) is 0 Å². The molecule has 1 amide bonds. The molecule has 22 heavy (non-hydrogen) atoms. The number of nitrogens with two attached hydrogens (primary N) is 1.